The summed E-state index contributed by atoms with van der Waals surface area (Å²) in [5.41, 5.74) is 0. The molecular weight excluding hydrogens is 290 g/mol. The van der Waals surface area contributed by atoms with Crippen LogP contribution in [0, 0.1) is 12.3 Å². The summed E-state index contributed by atoms with van der Waals surface area (Å²) in [6.45, 7) is 7.98. The summed E-state index contributed by atoms with van der Waals surface area (Å²) >= 11 is 5.96. The van der Waals surface area contributed by atoms with Crippen LogP contribution in [0.2, 0.25) is 5.02 Å². The molecule has 5 heteroatoms. The fourth-order valence-electron chi connectivity index (χ4n) is 1.48. The van der Waals surface area contributed by atoms with Crippen molar-refractivity contribution in [3.05, 3.63) is 48.5 Å². The van der Waals surface area contributed by atoms with Gasteiger partial charge in [0.25, 0.3) is 0 Å². The molecule has 0 radical (unpaired) electrons. The summed E-state index contributed by atoms with van der Waals surface area (Å²) < 4.78 is 10.5. The first-order valence-electron chi connectivity index (χ1n) is 6.16. The second kappa shape index (κ2) is 8.72. The van der Waals surface area contributed by atoms with Crippen molar-refractivity contribution in [2.24, 2.45) is 0 Å². The maximum absolute atomic E-state index is 12.0. The number of ether oxygens (including phenoxy) is 2. The van der Waals surface area contributed by atoms with Crippen molar-refractivity contribution in [3.63, 3.8) is 0 Å². The van der Waals surface area contributed by atoms with Crippen LogP contribution in [0.25, 0.3) is 0 Å². The zero-order valence-electron chi connectivity index (χ0n) is 11.5. The molecule has 0 aliphatic rings. The van der Waals surface area contributed by atoms with E-state index in [4.69, 9.17) is 27.5 Å². The monoisotopic (exact) mass is 305 g/mol. The number of hydrogen-bond acceptors (Lipinski definition) is 3. The van der Waals surface area contributed by atoms with Gasteiger partial charge in [0, 0.05) is 19.2 Å². The smallest absolute Gasteiger partial charge is 0.415 e. The lowest BCUT2D eigenvalue weighted by Gasteiger charge is -2.18. The maximum atomic E-state index is 12.0. The summed E-state index contributed by atoms with van der Waals surface area (Å²) in [6, 6.07) is 4.65. The van der Waals surface area contributed by atoms with E-state index in [2.05, 4.69) is 19.1 Å². The number of hydrogen-bond donors (Lipinski definition) is 0. The predicted octanol–water partition coefficient (Wildman–Crippen LogP) is 3.52. The lowest BCUT2D eigenvalue weighted by molar-refractivity contribution is 0.162. The molecule has 0 aromatic heterocycles. The van der Waals surface area contributed by atoms with Gasteiger partial charge in [-0.05, 0) is 12.1 Å². The van der Waals surface area contributed by atoms with Gasteiger partial charge in [0.15, 0.2) is 0 Å². The van der Waals surface area contributed by atoms with Gasteiger partial charge >= 0.3 is 6.09 Å². The first-order chi connectivity index (χ1) is 10.1. The van der Waals surface area contributed by atoms with Gasteiger partial charge in [-0.2, -0.15) is 0 Å². The third-order valence-electron chi connectivity index (χ3n) is 2.38. The van der Waals surface area contributed by atoms with Crippen molar-refractivity contribution < 1.29 is 14.3 Å². The molecule has 1 rings (SSSR count). The number of terminal acetylenes is 1. The van der Waals surface area contributed by atoms with Gasteiger partial charge in [0.05, 0.1) is 5.02 Å². The molecule has 4 nitrogen and oxygen atoms in total. The third kappa shape index (κ3) is 5.25. The fraction of sp³-hybridized carbons (Fsp3) is 0.188. The Morgan fingerprint density at radius 2 is 2.05 bits per heavy atom. The van der Waals surface area contributed by atoms with Crippen molar-refractivity contribution in [1.82, 2.24) is 4.90 Å². The van der Waals surface area contributed by atoms with Crippen LogP contribution < -0.4 is 9.47 Å². The van der Waals surface area contributed by atoms with E-state index < -0.39 is 6.09 Å². The molecule has 0 bridgehead atoms. The van der Waals surface area contributed by atoms with E-state index in [9.17, 15) is 4.79 Å². The Morgan fingerprint density at radius 1 is 1.38 bits per heavy atom. The molecule has 1 aromatic rings. The quantitative estimate of drug-likeness (QED) is 0.571. The molecule has 1 aromatic carbocycles. The highest BCUT2D eigenvalue weighted by atomic mass is 35.5. The molecule has 0 heterocycles. The molecular formula is C16H16ClNO3. The number of amides is 1. The van der Waals surface area contributed by atoms with E-state index in [0.717, 1.165) is 0 Å². The van der Waals surface area contributed by atoms with E-state index in [1.807, 2.05) is 0 Å². The van der Waals surface area contributed by atoms with Gasteiger partial charge in [0.1, 0.15) is 18.1 Å². The number of benzene rings is 1. The highest BCUT2D eigenvalue weighted by Crippen LogP contribution is 2.29. The Morgan fingerprint density at radius 3 is 2.62 bits per heavy atom. The van der Waals surface area contributed by atoms with Crippen LogP contribution in [0.3, 0.4) is 0 Å². The second-order valence-electron chi connectivity index (χ2n) is 3.94. The Kier molecular flexibility index (Phi) is 6.93. The molecule has 0 spiro atoms. The van der Waals surface area contributed by atoms with Gasteiger partial charge in [-0.1, -0.05) is 29.7 Å². The minimum Gasteiger partial charge on any atom is -0.479 e. The molecule has 0 fully saturated rings. The van der Waals surface area contributed by atoms with Crippen molar-refractivity contribution >= 4 is 17.7 Å². The fourth-order valence-corrected chi connectivity index (χ4v) is 1.65. The molecule has 0 unspecified atom stereocenters. The number of nitrogens with zero attached hydrogens (tertiary/aromatic N) is 1. The lowest BCUT2D eigenvalue weighted by Crippen LogP contribution is -2.33. The van der Waals surface area contributed by atoms with Gasteiger partial charge in [-0.3, -0.25) is 0 Å². The molecule has 0 aliphatic heterocycles. The van der Waals surface area contributed by atoms with Gasteiger partial charge < -0.3 is 14.4 Å². The average Bonchev–Trinajstić information content (AvgIpc) is 2.47. The van der Waals surface area contributed by atoms with Crippen LogP contribution in [0.1, 0.15) is 0 Å². The van der Waals surface area contributed by atoms with E-state index in [0.29, 0.717) is 29.6 Å². The highest BCUT2D eigenvalue weighted by molar-refractivity contribution is 6.32. The molecule has 0 saturated heterocycles. The SMILES string of the molecule is C#CCOc1cc(OC(=O)N(CC=C)CC=C)ccc1Cl. The number of carbonyl (C=O) groups excluding carboxylic acids is 1. The predicted molar refractivity (Wildman–Crippen MR) is 83.8 cm³/mol. The minimum absolute atomic E-state index is 0.0795. The Labute approximate surface area is 129 Å². The Balaban J connectivity index is 2.81. The summed E-state index contributed by atoms with van der Waals surface area (Å²) in [5, 5.41) is 0.388. The van der Waals surface area contributed by atoms with Gasteiger partial charge in [-0.15, -0.1) is 19.6 Å². The molecule has 0 saturated carbocycles. The van der Waals surface area contributed by atoms with E-state index in [-0.39, 0.29) is 6.61 Å². The zero-order chi connectivity index (χ0) is 15.7. The largest absolute Gasteiger partial charge is 0.479 e. The van der Waals surface area contributed by atoms with Crippen LogP contribution in [0.5, 0.6) is 11.5 Å². The normalized spacial score (nSPS) is 9.33. The average molecular weight is 306 g/mol. The van der Waals surface area contributed by atoms with E-state index in [1.54, 1.807) is 24.3 Å². The van der Waals surface area contributed by atoms with Crippen LogP contribution >= 0.6 is 11.6 Å². The molecule has 1 amide bonds. The first kappa shape index (κ1) is 16.7. The zero-order valence-corrected chi connectivity index (χ0v) is 12.3. The van der Waals surface area contributed by atoms with Crippen LogP contribution in [-0.2, 0) is 0 Å². The number of halogens is 1. The number of rotatable bonds is 7. The molecule has 0 aliphatic carbocycles. The summed E-state index contributed by atoms with van der Waals surface area (Å²) in [7, 11) is 0. The van der Waals surface area contributed by atoms with Gasteiger partial charge in [-0.25, -0.2) is 4.79 Å². The van der Waals surface area contributed by atoms with Crippen LogP contribution in [0.15, 0.2) is 43.5 Å². The number of carbonyl (C=O) groups is 1. The first-order valence-corrected chi connectivity index (χ1v) is 6.54. The third-order valence-corrected chi connectivity index (χ3v) is 2.69. The lowest BCUT2D eigenvalue weighted by atomic mass is 10.3. The molecule has 0 N–H and O–H groups in total. The summed E-state index contributed by atoms with van der Waals surface area (Å²) in [6.07, 6.45) is 7.82. The van der Waals surface area contributed by atoms with E-state index in [1.165, 1.54) is 11.0 Å². The Hall–Kier alpha value is -2.38. The van der Waals surface area contributed by atoms with E-state index >= 15 is 0 Å². The van der Waals surface area contributed by atoms with Crippen LogP contribution in [-0.4, -0.2) is 30.7 Å². The topological polar surface area (TPSA) is 38.8 Å². The second-order valence-corrected chi connectivity index (χ2v) is 4.34. The molecule has 0 atom stereocenters. The molecule has 21 heavy (non-hydrogen) atoms. The maximum Gasteiger partial charge on any atom is 0.415 e. The van der Waals surface area contributed by atoms with Crippen molar-refractivity contribution in [1.29, 1.82) is 0 Å². The summed E-state index contributed by atoms with van der Waals surface area (Å²) in [4.78, 5) is 13.4. The van der Waals surface area contributed by atoms with Crippen molar-refractivity contribution in [2.45, 2.75) is 0 Å². The van der Waals surface area contributed by atoms with Crippen LogP contribution in [0.4, 0.5) is 4.79 Å². The van der Waals surface area contributed by atoms with Crippen molar-refractivity contribution in [2.75, 3.05) is 19.7 Å². The standard InChI is InChI=1S/C16H16ClNO3/c1-4-9-18(10-5-2)16(19)21-13-7-8-14(17)15(12-13)20-11-6-3/h3-5,7-8,12H,1-2,9-11H2. The summed E-state index contributed by atoms with van der Waals surface area (Å²) in [5.74, 6) is 3.01. The Bertz CT molecular complexity index is 553. The van der Waals surface area contributed by atoms with Crippen molar-refractivity contribution in [3.8, 4) is 23.8 Å². The van der Waals surface area contributed by atoms with Gasteiger partial charge in [0.2, 0.25) is 0 Å². The highest BCUT2D eigenvalue weighted by Gasteiger charge is 2.14. The molecule has 110 valence electrons. The minimum atomic E-state index is -0.514.